The molecular weight excluding hydrogens is 536 g/mol. The van der Waals surface area contributed by atoms with Crippen molar-refractivity contribution >= 4 is 23.4 Å². The quantitative estimate of drug-likeness (QED) is 0.202. The molecule has 0 spiro atoms. The lowest BCUT2D eigenvalue weighted by Crippen LogP contribution is -2.53. The van der Waals surface area contributed by atoms with E-state index < -0.39 is 41.5 Å². The van der Waals surface area contributed by atoms with Crippen LogP contribution in [-0.4, -0.2) is 72.7 Å². The van der Waals surface area contributed by atoms with E-state index in [1.54, 1.807) is 0 Å². The highest BCUT2D eigenvalue weighted by atomic mass is 19.1. The summed E-state index contributed by atoms with van der Waals surface area (Å²) in [7, 11) is 0. The van der Waals surface area contributed by atoms with Crippen molar-refractivity contribution in [1.82, 2.24) is 10.2 Å². The van der Waals surface area contributed by atoms with E-state index in [1.807, 2.05) is 6.92 Å². The van der Waals surface area contributed by atoms with Crippen LogP contribution in [0.1, 0.15) is 39.5 Å². The second-order valence-electron chi connectivity index (χ2n) is 9.82. The third-order valence-electron chi connectivity index (χ3n) is 6.55. The van der Waals surface area contributed by atoms with Crippen LogP contribution < -0.4 is 26.8 Å². The minimum atomic E-state index is -1.48. The second kappa shape index (κ2) is 16.6. The van der Waals surface area contributed by atoms with Gasteiger partial charge in [-0.2, -0.15) is 0 Å². The Bertz CT molecular complexity index is 1150. The van der Waals surface area contributed by atoms with Gasteiger partial charge in [0.25, 0.3) is 0 Å². The third kappa shape index (κ3) is 10.1. The zero-order chi connectivity index (χ0) is 30.5. The van der Waals surface area contributed by atoms with Crippen molar-refractivity contribution in [1.29, 1.82) is 0 Å². The van der Waals surface area contributed by atoms with Crippen molar-refractivity contribution in [3.05, 3.63) is 59.7 Å². The number of aliphatic hydroxyl groups is 1. The van der Waals surface area contributed by atoms with Crippen LogP contribution in [0.5, 0.6) is 5.75 Å². The van der Waals surface area contributed by atoms with Gasteiger partial charge in [-0.15, -0.1) is 0 Å². The van der Waals surface area contributed by atoms with Crippen LogP contribution in [0.25, 0.3) is 0 Å². The summed E-state index contributed by atoms with van der Waals surface area (Å²) in [5.74, 6) is -3.87. The molecule has 3 atom stereocenters. The summed E-state index contributed by atoms with van der Waals surface area (Å²) in [6.45, 7) is 7.97. The molecule has 12 heteroatoms. The van der Waals surface area contributed by atoms with Crippen LogP contribution in [0, 0.1) is 11.7 Å². The molecule has 0 heterocycles. The van der Waals surface area contributed by atoms with Gasteiger partial charge in [0.1, 0.15) is 18.0 Å². The molecule has 41 heavy (non-hydrogen) atoms. The fourth-order valence-electron chi connectivity index (χ4n) is 4.20. The topological polar surface area (TPSA) is 160 Å². The Kier molecular flexibility index (Phi) is 13.6. The highest BCUT2D eigenvalue weighted by molar-refractivity contribution is 5.98. The average Bonchev–Trinajstić information content (AvgIpc) is 2.95. The van der Waals surface area contributed by atoms with E-state index in [4.69, 9.17) is 16.2 Å². The molecular formula is C29H41F2N5O5. The number of nitrogens with two attached hydrogens (primary N) is 2. The zero-order valence-electron chi connectivity index (χ0n) is 23.6. The summed E-state index contributed by atoms with van der Waals surface area (Å²) in [6.07, 6.45) is 2.42. The lowest BCUT2D eigenvalue weighted by Gasteiger charge is -2.28. The molecule has 0 saturated heterocycles. The molecule has 0 bridgehead atoms. The number of carbonyl (C=O) groups is 3. The van der Waals surface area contributed by atoms with Crippen LogP contribution in [0.4, 0.5) is 14.5 Å². The number of amides is 3. The summed E-state index contributed by atoms with van der Waals surface area (Å²) in [4.78, 5) is 40.7. The molecule has 3 amide bonds. The summed E-state index contributed by atoms with van der Waals surface area (Å²) in [5, 5.41) is 16.3. The number of carbonyl (C=O) groups excluding carboxylic acids is 3. The van der Waals surface area contributed by atoms with E-state index in [0.29, 0.717) is 17.6 Å². The maximum absolute atomic E-state index is 14.1. The first-order valence-electron chi connectivity index (χ1n) is 13.7. The highest BCUT2D eigenvalue weighted by Gasteiger charge is 2.33. The van der Waals surface area contributed by atoms with E-state index in [2.05, 4.69) is 17.2 Å². The highest BCUT2D eigenvalue weighted by Crippen LogP contribution is 2.28. The lowest BCUT2D eigenvalue weighted by atomic mass is 9.90. The van der Waals surface area contributed by atoms with E-state index in [0.717, 1.165) is 6.07 Å². The Morgan fingerprint density at radius 2 is 1.83 bits per heavy atom. The number of rotatable bonds is 16. The molecule has 1 aromatic carbocycles. The fraction of sp³-hybridized carbons (Fsp3) is 0.483. The minimum absolute atomic E-state index is 0.0588. The average molecular weight is 578 g/mol. The standard InChI is InChI=1S/C29H41F2N5O5/c1-4-15-41-24-17-22(9-10-23(24)31)34-29(40)26(27(38)21-7-5-20(6-8-21)19(3)30)35-28(39)18(2)16-25(37)36(13-11-32)14-12-33/h5,7,9-10,17-18,26-27,38H,3-4,6,8,11-16,32-33H2,1-2H3,(H,34,40)(H,35,39). The molecule has 0 saturated carbocycles. The van der Waals surface area contributed by atoms with Gasteiger partial charge < -0.3 is 36.8 Å². The maximum atomic E-state index is 14.1. The largest absolute Gasteiger partial charge is 0.490 e. The molecule has 0 fully saturated rings. The van der Waals surface area contributed by atoms with Crippen molar-refractivity contribution in [2.75, 3.05) is 38.1 Å². The van der Waals surface area contributed by atoms with Gasteiger partial charge in [0, 0.05) is 50.3 Å². The van der Waals surface area contributed by atoms with Crippen LogP contribution in [0.3, 0.4) is 0 Å². The van der Waals surface area contributed by atoms with Gasteiger partial charge >= 0.3 is 0 Å². The normalized spacial score (nSPS) is 15.1. The molecule has 2 rings (SSSR count). The van der Waals surface area contributed by atoms with Crippen molar-refractivity contribution in [3.8, 4) is 5.75 Å². The van der Waals surface area contributed by atoms with E-state index in [1.165, 1.54) is 36.1 Å². The Morgan fingerprint density at radius 1 is 1.15 bits per heavy atom. The van der Waals surface area contributed by atoms with Gasteiger partial charge in [-0.3, -0.25) is 14.4 Å². The Balaban J connectivity index is 2.28. The molecule has 226 valence electrons. The Labute approximate surface area is 239 Å². The number of hydrogen-bond acceptors (Lipinski definition) is 7. The van der Waals surface area contributed by atoms with Crippen LogP contribution in [-0.2, 0) is 14.4 Å². The van der Waals surface area contributed by atoms with Crippen molar-refractivity contribution in [3.63, 3.8) is 0 Å². The monoisotopic (exact) mass is 577 g/mol. The van der Waals surface area contributed by atoms with Crippen LogP contribution >= 0.6 is 0 Å². The van der Waals surface area contributed by atoms with Gasteiger partial charge in [0.15, 0.2) is 11.6 Å². The van der Waals surface area contributed by atoms with Gasteiger partial charge in [0.2, 0.25) is 17.7 Å². The van der Waals surface area contributed by atoms with Crippen molar-refractivity contribution < 1.29 is 33.0 Å². The van der Waals surface area contributed by atoms with Crippen LogP contribution in [0.15, 0.2) is 53.9 Å². The van der Waals surface area contributed by atoms with Crippen molar-refractivity contribution in [2.45, 2.75) is 51.7 Å². The minimum Gasteiger partial charge on any atom is -0.490 e. The number of halogens is 2. The number of nitrogens with zero attached hydrogens (tertiary/aromatic N) is 1. The molecule has 0 radical (unpaired) electrons. The Morgan fingerprint density at radius 3 is 2.39 bits per heavy atom. The first-order chi connectivity index (χ1) is 19.5. The molecule has 1 aromatic rings. The third-order valence-corrected chi connectivity index (χ3v) is 6.55. The number of nitrogens with one attached hydrogen (secondary N) is 2. The van der Waals surface area contributed by atoms with Gasteiger partial charge in [-0.05, 0) is 42.5 Å². The number of ether oxygens (including phenoxy) is 1. The first-order valence-corrected chi connectivity index (χ1v) is 13.7. The predicted molar refractivity (Wildman–Crippen MR) is 153 cm³/mol. The summed E-state index contributed by atoms with van der Waals surface area (Å²) in [5.41, 5.74) is 12.1. The number of benzene rings is 1. The number of hydrogen-bond donors (Lipinski definition) is 5. The van der Waals surface area contributed by atoms with Crippen LogP contribution in [0.2, 0.25) is 0 Å². The first kappa shape index (κ1) is 33.6. The molecule has 1 aliphatic carbocycles. The number of allylic oxidation sites excluding steroid dienone is 4. The smallest absolute Gasteiger partial charge is 0.250 e. The molecule has 3 unspecified atom stereocenters. The number of anilines is 1. The zero-order valence-corrected chi connectivity index (χ0v) is 23.6. The number of aliphatic hydroxyl groups excluding tert-OH is 1. The molecule has 7 N–H and O–H groups in total. The SMILES string of the molecule is C=C(F)C1=CC=C(C(O)C(NC(=O)C(C)CC(=O)N(CCN)CCN)C(=O)Nc2ccc(F)c(OCCC)c2)CC1. The predicted octanol–water partition coefficient (Wildman–Crippen LogP) is 2.30. The summed E-state index contributed by atoms with van der Waals surface area (Å²) >= 11 is 0. The fourth-order valence-corrected chi connectivity index (χ4v) is 4.20. The summed E-state index contributed by atoms with van der Waals surface area (Å²) in [6, 6.07) is 2.28. The van der Waals surface area contributed by atoms with Gasteiger partial charge in [-0.25, -0.2) is 8.78 Å². The van der Waals surface area contributed by atoms with Gasteiger partial charge in [-0.1, -0.05) is 32.6 Å². The van der Waals surface area contributed by atoms with E-state index in [9.17, 15) is 28.3 Å². The van der Waals surface area contributed by atoms with Gasteiger partial charge in [0.05, 0.1) is 6.61 Å². The maximum Gasteiger partial charge on any atom is 0.250 e. The Hall–Kier alpha value is -3.61. The van der Waals surface area contributed by atoms with Crippen molar-refractivity contribution in [2.24, 2.45) is 17.4 Å². The summed E-state index contributed by atoms with van der Waals surface area (Å²) < 4.78 is 33.1. The molecule has 10 nitrogen and oxygen atoms in total. The second-order valence-corrected chi connectivity index (χ2v) is 9.82. The molecule has 0 aliphatic heterocycles. The van der Waals surface area contributed by atoms with E-state index >= 15 is 0 Å². The lowest BCUT2D eigenvalue weighted by molar-refractivity contribution is -0.137. The van der Waals surface area contributed by atoms with E-state index in [-0.39, 0.29) is 69.4 Å². The molecule has 0 aromatic heterocycles. The molecule has 1 aliphatic rings.